The second kappa shape index (κ2) is 8.56. The van der Waals surface area contributed by atoms with Crippen molar-refractivity contribution in [3.05, 3.63) is 41.5 Å². The maximum Gasteiger partial charge on any atom is 0.292 e. The predicted octanol–water partition coefficient (Wildman–Crippen LogP) is 3.58. The van der Waals surface area contributed by atoms with Crippen molar-refractivity contribution in [2.75, 3.05) is 6.54 Å². The molecule has 0 aliphatic carbocycles. The van der Waals surface area contributed by atoms with Gasteiger partial charge in [0.2, 0.25) is 0 Å². The van der Waals surface area contributed by atoms with Crippen LogP contribution in [-0.4, -0.2) is 27.4 Å². The maximum absolute atomic E-state index is 12.3. The molecule has 0 radical (unpaired) electrons. The minimum absolute atomic E-state index is 0.237. The summed E-state index contributed by atoms with van der Waals surface area (Å²) in [6.45, 7) is 4.80. The quantitative estimate of drug-likeness (QED) is 0.719. The number of carbonyl (C=O) groups is 1. The summed E-state index contributed by atoms with van der Waals surface area (Å²) in [4.78, 5) is 18.4. The minimum atomic E-state index is -0.329. The van der Waals surface area contributed by atoms with Gasteiger partial charge < -0.3 is 15.3 Å². The summed E-state index contributed by atoms with van der Waals surface area (Å²) < 4.78 is 0. The number of unbranched alkanes of at least 4 members (excludes halogenated alkanes) is 5. The summed E-state index contributed by atoms with van der Waals surface area (Å²) >= 11 is 0. The number of rotatable bonds is 8. The number of amides is 1. The molecular weight excluding hydrogens is 290 g/mol. The lowest BCUT2D eigenvalue weighted by molar-refractivity contribution is -0.134. The Morgan fingerprint density at radius 2 is 1.96 bits per heavy atom. The average Bonchev–Trinajstić information content (AvgIpc) is 2.55. The molecule has 1 aromatic heterocycles. The van der Waals surface area contributed by atoms with E-state index in [0.717, 1.165) is 24.1 Å². The third kappa shape index (κ3) is 4.71. The van der Waals surface area contributed by atoms with Gasteiger partial charge in [0.05, 0.1) is 5.69 Å². The molecule has 2 rings (SSSR count). The first kappa shape index (κ1) is 17.3. The molecule has 1 aromatic rings. The summed E-state index contributed by atoms with van der Waals surface area (Å²) in [5.41, 5.74) is 1.87. The van der Waals surface area contributed by atoms with E-state index < -0.39 is 0 Å². The molecule has 1 aliphatic heterocycles. The third-order valence-electron chi connectivity index (χ3n) is 4.14. The van der Waals surface area contributed by atoms with E-state index in [0.29, 0.717) is 6.54 Å². The Labute approximate surface area is 138 Å². The summed E-state index contributed by atoms with van der Waals surface area (Å²) in [6, 6.07) is 3.90. The van der Waals surface area contributed by atoms with E-state index in [1.807, 2.05) is 19.1 Å². The lowest BCUT2D eigenvalue weighted by Gasteiger charge is -2.34. The highest BCUT2D eigenvalue weighted by molar-refractivity contribution is 5.92. The van der Waals surface area contributed by atoms with Crippen molar-refractivity contribution in [3.63, 3.8) is 0 Å². The highest BCUT2D eigenvalue weighted by atomic mass is 16.3. The Morgan fingerprint density at radius 1 is 1.22 bits per heavy atom. The molecular formula is C18H27N3O2. The van der Waals surface area contributed by atoms with Crippen molar-refractivity contribution >= 4 is 5.91 Å². The average molecular weight is 317 g/mol. The fraction of sp³-hybridized carbons (Fsp3) is 0.556. The Hall–Kier alpha value is -2.04. The first-order valence-electron chi connectivity index (χ1n) is 8.52. The number of carbonyl (C=O) groups excluding carboxylic acids is 1. The molecule has 23 heavy (non-hydrogen) atoms. The van der Waals surface area contributed by atoms with Crippen LogP contribution in [0, 0.1) is 6.92 Å². The second-order valence-electron chi connectivity index (χ2n) is 6.13. The van der Waals surface area contributed by atoms with Gasteiger partial charge in [0.15, 0.2) is 5.76 Å². The number of aliphatic hydroxyl groups is 1. The molecule has 1 atom stereocenters. The first-order valence-corrected chi connectivity index (χ1v) is 8.52. The van der Waals surface area contributed by atoms with Gasteiger partial charge in [-0.2, -0.15) is 0 Å². The van der Waals surface area contributed by atoms with Crippen molar-refractivity contribution in [3.8, 4) is 0 Å². The van der Waals surface area contributed by atoms with Crippen molar-refractivity contribution in [2.45, 2.75) is 58.5 Å². The fourth-order valence-corrected chi connectivity index (χ4v) is 2.75. The highest BCUT2D eigenvalue weighted by Gasteiger charge is 2.31. The number of pyridine rings is 1. The lowest BCUT2D eigenvalue weighted by atomic mass is 10.1. The summed E-state index contributed by atoms with van der Waals surface area (Å²) in [5, 5.41) is 12.8. The molecule has 0 saturated carbocycles. The van der Waals surface area contributed by atoms with Crippen molar-refractivity contribution < 1.29 is 9.90 Å². The number of nitrogens with zero attached hydrogens (tertiary/aromatic N) is 2. The molecule has 2 N–H and O–H groups in total. The van der Waals surface area contributed by atoms with Crippen LogP contribution in [0.25, 0.3) is 0 Å². The standard InChI is InChI=1S/C18H27N3O2/c1-3-4-5-6-7-8-11-21-17(20-13-16(22)18(21)23)15-10-9-14(2)12-19-15/h9-10,12-13,17,20,22H,3-8,11H2,1-2H3. The SMILES string of the molecule is CCCCCCCCN1C(=O)C(O)=CNC1c1ccc(C)cn1. The molecule has 0 fully saturated rings. The largest absolute Gasteiger partial charge is 0.502 e. The Balaban J connectivity index is 1.98. The molecule has 5 heteroatoms. The highest BCUT2D eigenvalue weighted by Crippen LogP contribution is 2.22. The van der Waals surface area contributed by atoms with Gasteiger partial charge in [0.25, 0.3) is 5.91 Å². The molecule has 2 heterocycles. The van der Waals surface area contributed by atoms with Crippen molar-refractivity contribution in [1.82, 2.24) is 15.2 Å². The summed E-state index contributed by atoms with van der Waals surface area (Å²) in [6.07, 6.45) is 9.83. The summed E-state index contributed by atoms with van der Waals surface area (Å²) in [5.74, 6) is -0.566. The molecule has 0 spiro atoms. The van der Waals surface area contributed by atoms with Crippen LogP contribution in [0.5, 0.6) is 0 Å². The van der Waals surface area contributed by atoms with Gasteiger partial charge in [-0.3, -0.25) is 9.78 Å². The van der Waals surface area contributed by atoms with E-state index >= 15 is 0 Å². The van der Waals surface area contributed by atoms with Crippen LogP contribution in [-0.2, 0) is 4.79 Å². The molecule has 1 amide bonds. The molecule has 1 unspecified atom stereocenters. The van der Waals surface area contributed by atoms with E-state index in [9.17, 15) is 9.90 Å². The zero-order chi connectivity index (χ0) is 16.7. The Kier molecular flexibility index (Phi) is 6.44. The van der Waals surface area contributed by atoms with E-state index in [-0.39, 0.29) is 17.8 Å². The van der Waals surface area contributed by atoms with E-state index in [4.69, 9.17) is 0 Å². The van der Waals surface area contributed by atoms with Crippen LogP contribution in [0.4, 0.5) is 0 Å². The number of hydrogen-bond acceptors (Lipinski definition) is 4. The molecule has 126 valence electrons. The van der Waals surface area contributed by atoms with Gasteiger partial charge in [0.1, 0.15) is 6.17 Å². The number of aliphatic hydroxyl groups excluding tert-OH is 1. The van der Waals surface area contributed by atoms with Crippen LogP contribution in [0.2, 0.25) is 0 Å². The smallest absolute Gasteiger partial charge is 0.292 e. The van der Waals surface area contributed by atoms with Crippen LogP contribution in [0.15, 0.2) is 30.3 Å². The minimum Gasteiger partial charge on any atom is -0.502 e. The maximum atomic E-state index is 12.3. The van der Waals surface area contributed by atoms with Crippen LogP contribution < -0.4 is 5.32 Å². The molecule has 0 aromatic carbocycles. The number of aromatic nitrogens is 1. The van der Waals surface area contributed by atoms with E-state index in [1.165, 1.54) is 31.9 Å². The van der Waals surface area contributed by atoms with E-state index in [1.54, 1.807) is 11.1 Å². The van der Waals surface area contributed by atoms with Crippen molar-refractivity contribution in [2.24, 2.45) is 0 Å². The normalized spacial score (nSPS) is 17.8. The van der Waals surface area contributed by atoms with Gasteiger partial charge in [-0.15, -0.1) is 0 Å². The summed E-state index contributed by atoms with van der Waals surface area (Å²) in [7, 11) is 0. The van der Waals surface area contributed by atoms with Gasteiger partial charge in [-0.05, 0) is 25.0 Å². The molecule has 0 bridgehead atoms. The Morgan fingerprint density at radius 3 is 2.65 bits per heavy atom. The topological polar surface area (TPSA) is 65.5 Å². The predicted molar refractivity (Wildman–Crippen MR) is 90.7 cm³/mol. The monoisotopic (exact) mass is 317 g/mol. The van der Waals surface area contributed by atoms with Crippen LogP contribution in [0.3, 0.4) is 0 Å². The lowest BCUT2D eigenvalue weighted by Crippen LogP contribution is -2.46. The molecule has 5 nitrogen and oxygen atoms in total. The van der Waals surface area contributed by atoms with Gasteiger partial charge >= 0.3 is 0 Å². The first-order chi connectivity index (χ1) is 11.1. The molecule has 1 aliphatic rings. The second-order valence-corrected chi connectivity index (χ2v) is 6.13. The van der Waals surface area contributed by atoms with Gasteiger partial charge in [-0.1, -0.05) is 45.1 Å². The van der Waals surface area contributed by atoms with Crippen molar-refractivity contribution in [1.29, 1.82) is 0 Å². The number of nitrogens with one attached hydrogen (secondary N) is 1. The zero-order valence-corrected chi connectivity index (χ0v) is 14.1. The van der Waals surface area contributed by atoms with Gasteiger partial charge in [-0.25, -0.2) is 0 Å². The zero-order valence-electron chi connectivity index (χ0n) is 14.1. The molecule has 0 saturated heterocycles. The third-order valence-corrected chi connectivity index (χ3v) is 4.14. The Bertz CT molecular complexity index is 540. The van der Waals surface area contributed by atoms with E-state index in [2.05, 4.69) is 17.2 Å². The fourth-order valence-electron chi connectivity index (χ4n) is 2.75. The number of aryl methyl sites for hydroxylation is 1. The van der Waals surface area contributed by atoms with Crippen LogP contribution in [0.1, 0.15) is 62.9 Å². The van der Waals surface area contributed by atoms with Gasteiger partial charge in [0, 0.05) is 18.9 Å². The number of hydrogen-bond donors (Lipinski definition) is 2. The van der Waals surface area contributed by atoms with Crippen LogP contribution >= 0.6 is 0 Å².